The lowest BCUT2D eigenvalue weighted by atomic mass is 10.3. The molecule has 0 saturated heterocycles. The van der Waals surface area contributed by atoms with Crippen molar-refractivity contribution >= 4 is 11.9 Å². The van der Waals surface area contributed by atoms with Gasteiger partial charge in [-0.05, 0) is 19.8 Å². The maximum atomic E-state index is 11.0. The molecule has 0 radical (unpaired) electrons. The molecule has 4 nitrogen and oxygen atoms in total. The van der Waals surface area contributed by atoms with Crippen molar-refractivity contribution in [2.45, 2.75) is 33.1 Å². The molecule has 0 heterocycles. The minimum atomic E-state index is -0.177. The fourth-order valence-electron chi connectivity index (χ4n) is 0.887. The third-order valence-corrected chi connectivity index (χ3v) is 1.71. The first kappa shape index (κ1) is 13.7. The standard InChI is InChI=1S/C11H19NO3/c1-4-6-10(13)15-8-5-7-12-11(14)9(2)3/h2,4-8H2,1,3H3,(H,12,14). The zero-order valence-electron chi connectivity index (χ0n) is 9.47. The smallest absolute Gasteiger partial charge is 0.305 e. The second kappa shape index (κ2) is 8.03. The Bertz CT molecular complexity index is 236. The van der Waals surface area contributed by atoms with Crippen molar-refractivity contribution in [1.82, 2.24) is 5.32 Å². The van der Waals surface area contributed by atoms with Crippen LogP contribution in [0, 0.1) is 0 Å². The van der Waals surface area contributed by atoms with Crippen molar-refractivity contribution in [1.29, 1.82) is 0 Å². The Morgan fingerprint density at radius 2 is 2.07 bits per heavy atom. The van der Waals surface area contributed by atoms with Crippen molar-refractivity contribution in [3.63, 3.8) is 0 Å². The Hall–Kier alpha value is -1.32. The largest absolute Gasteiger partial charge is 0.466 e. The lowest BCUT2D eigenvalue weighted by molar-refractivity contribution is -0.143. The number of ether oxygens (including phenoxy) is 1. The number of rotatable bonds is 7. The van der Waals surface area contributed by atoms with Gasteiger partial charge in [0.05, 0.1) is 6.61 Å². The summed E-state index contributed by atoms with van der Waals surface area (Å²) in [7, 11) is 0. The molecule has 0 aliphatic heterocycles. The summed E-state index contributed by atoms with van der Waals surface area (Å²) in [5.41, 5.74) is 0.484. The highest BCUT2D eigenvalue weighted by Crippen LogP contribution is 1.92. The number of carbonyl (C=O) groups is 2. The SMILES string of the molecule is C=C(C)C(=O)NCCCOC(=O)CCC. The average Bonchev–Trinajstić information content (AvgIpc) is 2.17. The van der Waals surface area contributed by atoms with E-state index in [2.05, 4.69) is 11.9 Å². The number of amides is 1. The zero-order chi connectivity index (χ0) is 11.7. The minimum Gasteiger partial charge on any atom is -0.466 e. The van der Waals surface area contributed by atoms with E-state index in [1.54, 1.807) is 6.92 Å². The van der Waals surface area contributed by atoms with E-state index in [9.17, 15) is 9.59 Å². The molecule has 0 aromatic carbocycles. The second-order valence-electron chi connectivity index (χ2n) is 3.36. The predicted octanol–water partition coefficient (Wildman–Crippen LogP) is 1.41. The van der Waals surface area contributed by atoms with Crippen molar-refractivity contribution in [2.24, 2.45) is 0 Å². The van der Waals surface area contributed by atoms with Crippen LogP contribution in [0.25, 0.3) is 0 Å². The van der Waals surface area contributed by atoms with Gasteiger partial charge in [-0.15, -0.1) is 0 Å². The Balaban J connectivity index is 3.36. The van der Waals surface area contributed by atoms with E-state index in [1.807, 2.05) is 6.92 Å². The quantitative estimate of drug-likeness (QED) is 0.395. The highest BCUT2D eigenvalue weighted by molar-refractivity contribution is 5.91. The van der Waals surface area contributed by atoms with E-state index in [-0.39, 0.29) is 11.9 Å². The highest BCUT2D eigenvalue weighted by Gasteiger charge is 2.01. The van der Waals surface area contributed by atoms with Crippen LogP contribution < -0.4 is 5.32 Å². The Morgan fingerprint density at radius 1 is 1.40 bits per heavy atom. The summed E-state index contributed by atoms with van der Waals surface area (Å²) in [6, 6.07) is 0. The maximum absolute atomic E-state index is 11.0. The predicted molar refractivity (Wildman–Crippen MR) is 58.3 cm³/mol. The maximum Gasteiger partial charge on any atom is 0.305 e. The lowest BCUT2D eigenvalue weighted by Crippen LogP contribution is -2.25. The van der Waals surface area contributed by atoms with E-state index >= 15 is 0 Å². The summed E-state index contributed by atoms with van der Waals surface area (Å²) in [4.78, 5) is 21.9. The fourth-order valence-corrected chi connectivity index (χ4v) is 0.887. The van der Waals surface area contributed by atoms with Gasteiger partial charge in [-0.2, -0.15) is 0 Å². The van der Waals surface area contributed by atoms with Crippen LogP contribution in [-0.4, -0.2) is 25.0 Å². The molecule has 0 unspecified atom stereocenters. The van der Waals surface area contributed by atoms with Gasteiger partial charge < -0.3 is 10.1 Å². The molecule has 86 valence electrons. The normalized spacial score (nSPS) is 9.47. The summed E-state index contributed by atoms with van der Waals surface area (Å²) >= 11 is 0. The van der Waals surface area contributed by atoms with Gasteiger partial charge in [0.25, 0.3) is 0 Å². The zero-order valence-corrected chi connectivity index (χ0v) is 9.47. The number of hydrogen-bond donors (Lipinski definition) is 1. The van der Waals surface area contributed by atoms with Crippen LogP contribution in [0.1, 0.15) is 33.1 Å². The van der Waals surface area contributed by atoms with Gasteiger partial charge in [0.15, 0.2) is 0 Å². The Kier molecular flexibility index (Phi) is 7.32. The van der Waals surface area contributed by atoms with Crippen molar-refractivity contribution in [2.75, 3.05) is 13.2 Å². The van der Waals surface area contributed by atoms with Gasteiger partial charge in [0.1, 0.15) is 0 Å². The van der Waals surface area contributed by atoms with Gasteiger partial charge >= 0.3 is 5.97 Å². The molecule has 1 amide bonds. The van der Waals surface area contributed by atoms with Crippen LogP contribution in [0.15, 0.2) is 12.2 Å². The Labute approximate surface area is 90.7 Å². The molecule has 4 heteroatoms. The van der Waals surface area contributed by atoms with Crippen LogP contribution >= 0.6 is 0 Å². The first-order valence-corrected chi connectivity index (χ1v) is 5.17. The molecule has 0 atom stereocenters. The Morgan fingerprint density at radius 3 is 2.60 bits per heavy atom. The van der Waals surface area contributed by atoms with Crippen LogP contribution in [0.3, 0.4) is 0 Å². The van der Waals surface area contributed by atoms with E-state index in [0.29, 0.717) is 31.6 Å². The van der Waals surface area contributed by atoms with Crippen LogP contribution in [0.2, 0.25) is 0 Å². The molecule has 0 aromatic rings. The molecular formula is C11H19NO3. The van der Waals surface area contributed by atoms with Gasteiger partial charge in [-0.1, -0.05) is 13.5 Å². The molecule has 0 aliphatic carbocycles. The number of esters is 1. The third-order valence-electron chi connectivity index (χ3n) is 1.71. The lowest BCUT2D eigenvalue weighted by Gasteiger charge is -2.05. The topological polar surface area (TPSA) is 55.4 Å². The van der Waals surface area contributed by atoms with E-state index in [0.717, 1.165) is 6.42 Å². The van der Waals surface area contributed by atoms with Crippen molar-refractivity contribution in [3.05, 3.63) is 12.2 Å². The van der Waals surface area contributed by atoms with E-state index in [1.165, 1.54) is 0 Å². The molecule has 0 aliphatic rings. The summed E-state index contributed by atoms with van der Waals surface area (Å²) in [6.45, 7) is 7.94. The van der Waals surface area contributed by atoms with Crippen LogP contribution in [0.4, 0.5) is 0 Å². The molecule has 0 saturated carbocycles. The fraction of sp³-hybridized carbons (Fsp3) is 0.636. The molecule has 0 spiro atoms. The van der Waals surface area contributed by atoms with Gasteiger partial charge in [0.2, 0.25) is 5.91 Å². The molecular weight excluding hydrogens is 194 g/mol. The van der Waals surface area contributed by atoms with Gasteiger partial charge in [-0.25, -0.2) is 0 Å². The minimum absolute atomic E-state index is 0.158. The van der Waals surface area contributed by atoms with Crippen LogP contribution in [-0.2, 0) is 14.3 Å². The van der Waals surface area contributed by atoms with Crippen molar-refractivity contribution in [3.8, 4) is 0 Å². The molecule has 0 bridgehead atoms. The monoisotopic (exact) mass is 213 g/mol. The van der Waals surface area contributed by atoms with Crippen molar-refractivity contribution < 1.29 is 14.3 Å². The number of hydrogen-bond acceptors (Lipinski definition) is 3. The van der Waals surface area contributed by atoms with E-state index < -0.39 is 0 Å². The number of carbonyl (C=O) groups excluding carboxylic acids is 2. The van der Waals surface area contributed by atoms with E-state index in [4.69, 9.17) is 4.74 Å². The highest BCUT2D eigenvalue weighted by atomic mass is 16.5. The summed E-state index contributed by atoms with van der Waals surface area (Å²) in [5, 5.41) is 2.66. The number of nitrogens with one attached hydrogen (secondary N) is 1. The first-order valence-electron chi connectivity index (χ1n) is 5.17. The molecule has 0 aromatic heterocycles. The summed E-state index contributed by atoms with van der Waals surface area (Å²) < 4.78 is 4.91. The molecule has 0 rings (SSSR count). The molecule has 1 N–H and O–H groups in total. The first-order chi connectivity index (χ1) is 7.07. The van der Waals surface area contributed by atoms with Gasteiger partial charge in [0, 0.05) is 18.5 Å². The average molecular weight is 213 g/mol. The second-order valence-corrected chi connectivity index (χ2v) is 3.36. The van der Waals surface area contributed by atoms with Gasteiger partial charge in [-0.3, -0.25) is 9.59 Å². The third kappa shape index (κ3) is 7.73. The molecule has 0 fully saturated rings. The summed E-state index contributed by atoms with van der Waals surface area (Å²) in [6.07, 6.45) is 1.89. The molecule has 15 heavy (non-hydrogen) atoms. The van der Waals surface area contributed by atoms with Crippen LogP contribution in [0.5, 0.6) is 0 Å². The summed E-state index contributed by atoms with van der Waals surface area (Å²) in [5.74, 6) is -0.335.